The zero-order chi connectivity index (χ0) is 15.1. The summed E-state index contributed by atoms with van der Waals surface area (Å²) in [6, 6.07) is 8.22. The Hall–Kier alpha value is -1.40. The number of benzene rings is 1. The molecule has 0 radical (unpaired) electrons. The Labute approximate surface area is 137 Å². The molecule has 0 amide bonds. The smallest absolute Gasteiger partial charge is 0.191 e. The van der Waals surface area contributed by atoms with Gasteiger partial charge in [0.25, 0.3) is 0 Å². The van der Waals surface area contributed by atoms with Crippen LogP contribution in [-0.4, -0.2) is 18.0 Å². The van der Waals surface area contributed by atoms with Crippen molar-refractivity contribution in [1.82, 2.24) is 15.6 Å². The van der Waals surface area contributed by atoms with Crippen LogP contribution in [0.4, 0.5) is 0 Å². The van der Waals surface area contributed by atoms with E-state index in [4.69, 9.17) is 0 Å². The van der Waals surface area contributed by atoms with Gasteiger partial charge in [0.05, 0.1) is 6.54 Å². The molecule has 0 aliphatic carbocycles. The molecule has 2 N–H and O–H groups in total. The molecular weight excluding hydrogens is 348 g/mol. The number of nitrogens with zero attached hydrogens (tertiary/aromatic N) is 2. The fourth-order valence-corrected chi connectivity index (χ4v) is 3.05. The van der Waals surface area contributed by atoms with Gasteiger partial charge in [-0.05, 0) is 24.1 Å². The third kappa shape index (κ3) is 5.13. The Kier molecular flexibility index (Phi) is 6.20. The lowest BCUT2D eigenvalue weighted by molar-refractivity contribution is 0.805. The maximum Gasteiger partial charge on any atom is 0.191 e. The number of aliphatic imine (C=N–C) groups is 1. The highest BCUT2D eigenvalue weighted by molar-refractivity contribution is 9.10. The molecule has 0 saturated heterocycles. The molecule has 0 atom stereocenters. The Bertz CT molecular complexity index is 609. The minimum absolute atomic E-state index is 0.697. The summed E-state index contributed by atoms with van der Waals surface area (Å²) in [7, 11) is 1.77. The lowest BCUT2D eigenvalue weighted by atomic mass is 10.2. The van der Waals surface area contributed by atoms with Crippen molar-refractivity contribution in [3.63, 3.8) is 0 Å². The lowest BCUT2D eigenvalue weighted by Crippen LogP contribution is -2.36. The van der Waals surface area contributed by atoms with Crippen LogP contribution in [0.25, 0.3) is 0 Å². The molecule has 0 saturated carbocycles. The number of nitrogens with one attached hydrogen (secondary N) is 2. The van der Waals surface area contributed by atoms with Crippen molar-refractivity contribution >= 4 is 33.2 Å². The number of hydrogen-bond acceptors (Lipinski definition) is 3. The van der Waals surface area contributed by atoms with Crippen LogP contribution >= 0.6 is 27.3 Å². The summed E-state index contributed by atoms with van der Waals surface area (Å²) >= 11 is 5.22. The average Bonchev–Trinajstić information content (AvgIpc) is 2.95. The van der Waals surface area contributed by atoms with Crippen LogP contribution in [0.1, 0.15) is 22.4 Å². The summed E-state index contributed by atoms with van der Waals surface area (Å²) in [6.07, 6.45) is 2.98. The summed E-state index contributed by atoms with van der Waals surface area (Å²) < 4.78 is 1.08. The van der Waals surface area contributed by atoms with Crippen LogP contribution < -0.4 is 10.6 Å². The molecule has 1 heterocycles. The summed E-state index contributed by atoms with van der Waals surface area (Å²) in [6.45, 7) is 3.57. The first-order valence-electron chi connectivity index (χ1n) is 6.83. The topological polar surface area (TPSA) is 49.3 Å². The van der Waals surface area contributed by atoms with Crippen molar-refractivity contribution in [2.75, 3.05) is 7.05 Å². The van der Waals surface area contributed by atoms with Gasteiger partial charge < -0.3 is 10.6 Å². The molecule has 0 aliphatic rings. The van der Waals surface area contributed by atoms with E-state index in [1.807, 2.05) is 18.3 Å². The van der Waals surface area contributed by atoms with E-state index in [2.05, 4.69) is 55.6 Å². The molecule has 4 nitrogen and oxygen atoms in total. The number of thiazole rings is 1. The highest BCUT2D eigenvalue weighted by Gasteiger charge is 2.03. The van der Waals surface area contributed by atoms with E-state index in [-0.39, 0.29) is 0 Å². The van der Waals surface area contributed by atoms with Gasteiger partial charge in [-0.3, -0.25) is 4.99 Å². The molecule has 1 aromatic carbocycles. The van der Waals surface area contributed by atoms with E-state index in [9.17, 15) is 0 Å². The zero-order valence-electron chi connectivity index (χ0n) is 12.2. The second-order valence-electron chi connectivity index (χ2n) is 4.48. The van der Waals surface area contributed by atoms with Gasteiger partial charge >= 0.3 is 0 Å². The number of halogens is 1. The van der Waals surface area contributed by atoms with Gasteiger partial charge in [0.2, 0.25) is 0 Å². The Morgan fingerprint density at radius 1 is 1.33 bits per heavy atom. The predicted octanol–water partition coefficient (Wildman–Crippen LogP) is 3.33. The first-order chi connectivity index (χ1) is 10.2. The molecule has 1 aromatic heterocycles. The largest absolute Gasteiger partial charge is 0.352 e. The average molecular weight is 367 g/mol. The molecule has 0 unspecified atom stereocenters. The van der Waals surface area contributed by atoms with Crippen molar-refractivity contribution in [2.24, 2.45) is 4.99 Å². The molecule has 2 aromatic rings. The van der Waals surface area contributed by atoms with Crippen molar-refractivity contribution in [3.8, 4) is 0 Å². The predicted molar refractivity (Wildman–Crippen MR) is 92.7 cm³/mol. The number of aryl methyl sites for hydroxylation is 1. The van der Waals surface area contributed by atoms with Crippen molar-refractivity contribution in [1.29, 1.82) is 0 Å². The highest BCUT2D eigenvalue weighted by atomic mass is 79.9. The van der Waals surface area contributed by atoms with Gasteiger partial charge in [-0.15, -0.1) is 11.3 Å². The third-order valence-electron chi connectivity index (χ3n) is 2.93. The van der Waals surface area contributed by atoms with Gasteiger partial charge in [0.15, 0.2) is 5.96 Å². The maximum atomic E-state index is 4.39. The summed E-state index contributed by atoms with van der Waals surface area (Å²) in [5.74, 6) is 0.781. The zero-order valence-corrected chi connectivity index (χ0v) is 14.6. The summed E-state index contributed by atoms with van der Waals surface area (Å²) in [5, 5.41) is 7.66. The fourth-order valence-electron chi connectivity index (χ4n) is 1.81. The number of guanidine groups is 1. The quantitative estimate of drug-likeness (QED) is 0.630. The maximum absolute atomic E-state index is 4.39. The molecule has 0 spiro atoms. The van der Waals surface area contributed by atoms with Crippen LogP contribution in [0.15, 0.2) is 39.9 Å². The molecule has 0 fully saturated rings. The molecule has 0 bridgehead atoms. The highest BCUT2D eigenvalue weighted by Crippen LogP contribution is 2.13. The Balaban J connectivity index is 1.83. The number of rotatable bonds is 5. The molecule has 2 rings (SSSR count). The van der Waals surface area contributed by atoms with Crippen LogP contribution in [0, 0.1) is 0 Å². The minimum Gasteiger partial charge on any atom is -0.352 e. The van der Waals surface area contributed by atoms with Gasteiger partial charge in [0, 0.05) is 29.1 Å². The minimum atomic E-state index is 0.697. The van der Waals surface area contributed by atoms with Gasteiger partial charge in [-0.2, -0.15) is 0 Å². The molecule has 21 heavy (non-hydrogen) atoms. The van der Waals surface area contributed by atoms with Crippen LogP contribution in [-0.2, 0) is 19.5 Å². The first kappa shape index (κ1) is 16.0. The van der Waals surface area contributed by atoms with E-state index >= 15 is 0 Å². The SMILES string of the molecule is CCc1cnc(CNC(=NC)NCc2cccc(Br)c2)s1. The summed E-state index contributed by atoms with van der Waals surface area (Å²) in [4.78, 5) is 9.93. The number of aromatic nitrogens is 1. The van der Waals surface area contributed by atoms with Crippen molar-refractivity contribution in [3.05, 3.63) is 50.4 Å². The van der Waals surface area contributed by atoms with E-state index in [0.717, 1.165) is 28.4 Å². The Morgan fingerprint density at radius 2 is 2.14 bits per heavy atom. The molecule has 0 aliphatic heterocycles. The second kappa shape index (κ2) is 8.14. The first-order valence-corrected chi connectivity index (χ1v) is 8.44. The molecular formula is C15H19BrN4S. The van der Waals surface area contributed by atoms with Crippen LogP contribution in [0.3, 0.4) is 0 Å². The van der Waals surface area contributed by atoms with Crippen molar-refractivity contribution in [2.45, 2.75) is 26.4 Å². The number of hydrogen-bond donors (Lipinski definition) is 2. The van der Waals surface area contributed by atoms with Gasteiger partial charge in [-0.1, -0.05) is 35.0 Å². The van der Waals surface area contributed by atoms with Gasteiger partial charge in [0.1, 0.15) is 5.01 Å². The van der Waals surface area contributed by atoms with Crippen molar-refractivity contribution < 1.29 is 0 Å². The standard InChI is InChI=1S/C15H19BrN4S/c1-3-13-9-18-14(21-13)10-20-15(17-2)19-8-11-5-4-6-12(16)7-11/h4-7,9H,3,8,10H2,1-2H3,(H2,17,19,20). The van der Waals surface area contributed by atoms with Crippen LogP contribution in [0.5, 0.6) is 0 Å². The summed E-state index contributed by atoms with van der Waals surface area (Å²) in [5.41, 5.74) is 1.20. The van der Waals surface area contributed by atoms with E-state index in [0.29, 0.717) is 6.54 Å². The van der Waals surface area contributed by atoms with E-state index < -0.39 is 0 Å². The lowest BCUT2D eigenvalue weighted by Gasteiger charge is -2.11. The second-order valence-corrected chi connectivity index (χ2v) is 6.60. The monoisotopic (exact) mass is 366 g/mol. The van der Waals surface area contributed by atoms with E-state index in [1.165, 1.54) is 10.4 Å². The fraction of sp³-hybridized carbons (Fsp3) is 0.333. The van der Waals surface area contributed by atoms with Gasteiger partial charge in [-0.25, -0.2) is 4.98 Å². The Morgan fingerprint density at radius 3 is 2.81 bits per heavy atom. The van der Waals surface area contributed by atoms with Crippen LogP contribution in [0.2, 0.25) is 0 Å². The van der Waals surface area contributed by atoms with E-state index in [1.54, 1.807) is 18.4 Å². The molecule has 112 valence electrons. The molecule has 6 heteroatoms. The third-order valence-corrected chi connectivity index (χ3v) is 4.56. The normalized spacial score (nSPS) is 11.5.